The Morgan fingerprint density at radius 1 is 0.962 bits per heavy atom. The minimum atomic E-state index is 0.0859. The van der Waals surface area contributed by atoms with Crippen LogP contribution >= 0.6 is 0 Å². The molecule has 0 saturated heterocycles. The third-order valence-electron chi connectivity index (χ3n) is 5.08. The van der Waals surface area contributed by atoms with Crippen molar-refractivity contribution in [2.45, 2.75) is 46.0 Å². The van der Waals surface area contributed by atoms with Gasteiger partial charge in [-0.2, -0.15) is 0 Å². The normalized spacial score (nSPS) is 12.4. The van der Waals surface area contributed by atoms with Crippen molar-refractivity contribution in [3.63, 3.8) is 0 Å². The monoisotopic (exact) mass is 343 g/mol. The quantitative estimate of drug-likeness (QED) is 0.389. The summed E-state index contributed by atoms with van der Waals surface area (Å²) in [7, 11) is 0. The fraction of sp³-hybridized carbons (Fsp3) is 0.292. The van der Waals surface area contributed by atoms with E-state index in [0.29, 0.717) is 5.92 Å². The molecule has 0 aliphatic rings. The summed E-state index contributed by atoms with van der Waals surface area (Å²) in [5.41, 5.74) is 6.59. The molecule has 0 atom stereocenters. The van der Waals surface area contributed by atoms with Gasteiger partial charge in [0.1, 0.15) is 11.2 Å². The average molecular weight is 343 g/mol. The second kappa shape index (κ2) is 5.98. The van der Waals surface area contributed by atoms with E-state index in [1.165, 1.54) is 21.9 Å². The van der Waals surface area contributed by atoms with Crippen molar-refractivity contribution < 1.29 is 4.42 Å². The van der Waals surface area contributed by atoms with Crippen LogP contribution < -0.4 is 0 Å². The second-order valence-electron chi connectivity index (χ2n) is 8.34. The van der Waals surface area contributed by atoms with Crippen LogP contribution in [0.3, 0.4) is 0 Å². The molecule has 0 amide bonds. The topological polar surface area (TPSA) is 26.0 Å². The van der Waals surface area contributed by atoms with Gasteiger partial charge < -0.3 is 4.42 Å². The number of aromatic nitrogens is 1. The molecule has 0 fully saturated rings. The van der Waals surface area contributed by atoms with Gasteiger partial charge >= 0.3 is 0 Å². The van der Waals surface area contributed by atoms with Crippen molar-refractivity contribution in [3.05, 3.63) is 65.9 Å². The van der Waals surface area contributed by atoms with Crippen molar-refractivity contribution in [1.82, 2.24) is 4.98 Å². The van der Waals surface area contributed by atoms with E-state index in [1.807, 2.05) is 18.3 Å². The summed E-state index contributed by atoms with van der Waals surface area (Å²) < 4.78 is 6.31. The Hall–Kier alpha value is -2.61. The molecular weight excluding hydrogens is 318 g/mol. The van der Waals surface area contributed by atoms with Gasteiger partial charge in [0.2, 0.25) is 0 Å². The first-order chi connectivity index (χ1) is 12.4. The third kappa shape index (κ3) is 2.70. The van der Waals surface area contributed by atoms with Crippen LogP contribution in [0.25, 0.3) is 33.2 Å². The molecule has 2 heteroatoms. The van der Waals surface area contributed by atoms with Gasteiger partial charge in [-0.15, -0.1) is 0 Å². The van der Waals surface area contributed by atoms with E-state index >= 15 is 0 Å². The molecule has 0 spiro atoms. The molecule has 0 bridgehead atoms. The zero-order valence-electron chi connectivity index (χ0n) is 16.1. The van der Waals surface area contributed by atoms with Gasteiger partial charge in [0.05, 0.1) is 5.69 Å². The molecule has 2 heterocycles. The van der Waals surface area contributed by atoms with Crippen molar-refractivity contribution in [3.8, 4) is 11.3 Å². The minimum Gasteiger partial charge on any atom is -0.455 e. The average Bonchev–Trinajstić information content (AvgIpc) is 2.99. The highest BCUT2D eigenvalue weighted by atomic mass is 16.3. The molecule has 2 nitrogen and oxygen atoms in total. The van der Waals surface area contributed by atoms with E-state index in [-0.39, 0.29) is 5.41 Å². The number of nitrogens with zero attached hydrogens (tertiary/aromatic N) is 1. The smallest absolute Gasteiger partial charge is 0.145 e. The zero-order chi connectivity index (χ0) is 18.5. The largest absolute Gasteiger partial charge is 0.455 e. The molecule has 0 saturated carbocycles. The van der Waals surface area contributed by atoms with Gasteiger partial charge in [-0.1, -0.05) is 58.9 Å². The van der Waals surface area contributed by atoms with Crippen LogP contribution in [0, 0.1) is 0 Å². The van der Waals surface area contributed by atoms with Gasteiger partial charge in [0.15, 0.2) is 0 Å². The van der Waals surface area contributed by atoms with E-state index in [2.05, 4.69) is 76.0 Å². The number of fused-ring (bicyclic) bond motifs is 3. The van der Waals surface area contributed by atoms with Crippen molar-refractivity contribution in [2.24, 2.45) is 0 Å². The highest BCUT2D eigenvalue weighted by Gasteiger charge is 2.20. The Bertz CT molecular complexity index is 1100. The van der Waals surface area contributed by atoms with Crippen molar-refractivity contribution in [2.75, 3.05) is 0 Å². The van der Waals surface area contributed by atoms with Gasteiger partial charge in [0, 0.05) is 22.5 Å². The Morgan fingerprint density at radius 3 is 2.46 bits per heavy atom. The first-order valence-corrected chi connectivity index (χ1v) is 9.27. The fourth-order valence-electron chi connectivity index (χ4n) is 3.58. The molecule has 2 aromatic carbocycles. The van der Waals surface area contributed by atoms with E-state index in [9.17, 15) is 0 Å². The summed E-state index contributed by atoms with van der Waals surface area (Å²) in [5, 5.41) is 2.40. The predicted molar refractivity (Wildman–Crippen MR) is 110 cm³/mol. The molecule has 0 radical (unpaired) electrons. The van der Waals surface area contributed by atoms with Gasteiger partial charge in [-0.05, 0) is 46.7 Å². The van der Waals surface area contributed by atoms with Crippen LogP contribution in [0.15, 0.2) is 59.1 Å². The summed E-state index contributed by atoms with van der Waals surface area (Å²) in [6, 6.07) is 17.0. The second-order valence-corrected chi connectivity index (χ2v) is 8.34. The zero-order valence-corrected chi connectivity index (χ0v) is 16.1. The molecule has 0 aliphatic heterocycles. The highest BCUT2D eigenvalue weighted by molar-refractivity contribution is 6.11. The van der Waals surface area contributed by atoms with Crippen LogP contribution in [0.5, 0.6) is 0 Å². The Labute approximate surface area is 154 Å². The lowest BCUT2D eigenvalue weighted by molar-refractivity contribution is 0.589. The van der Waals surface area contributed by atoms with Gasteiger partial charge in [0.25, 0.3) is 0 Å². The molecule has 4 aromatic rings. The van der Waals surface area contributed by atoms with E-state index in [4.69, 9.17) is 4.42 Å². The number of benzene rings is 2. The minimum absolute atomic E-state index is 0.0859. The maximum Gasteiger partial charge on any atom is 0.145 e. The van der Waals surface area contributed by atoms with Crippen LogP contribution in [0.2, 0.25) is 0 Å². The molecule has 26 heavy (non-hydrogen) atoms. The number of hydrogen-bond donors (Lipinski definition) is 0. The summed E-state index contributed by atoms with van der Waals surface area (Å²) in [6.45, 7) is 11.1. The lowest BCUT2D eigenvalue weighted by atomic mass is 9.86. The fourth-order valence-corrected chi connectivity index (χ4v) is 3.58. The summed E-state index contributed by atoms with van der Waals surface area (Å²) in [4.78, 5) is 4.66. The molecule has 132 valence electrons. The van der Waals surface area contributed by atoms with Crippen LogP contribution in [-0.4, -0.2) is 4.98 Å². The van der Waals surface area contributed by atoms with Crippen molar-refractivity contribution >= 4 is 21.9 Å². The first-order valence-electron chi connectivity index (χ1n) is 9.27. The molecule has 2 aromatic heterocycles. The summed E-state index contributed by atoms with van der Waals surface area (Å²) in [6.07, 6.45) is 1.90. The third-order valence-corrected chi connectivity index (χ3v) is 5.08. The number of pyridine rings is 1. The predicted octanol–water partition coefficient (Wildman–Crippen LogP) is 7.07. The summed E-state index contributed by atoms with van der Waals surface area (Å²) in [5.74, 6) is 0.432. The summed E-state index contributed by atoms with van der Waals surface area (Å²) >= 11 is 0. The lowest BCUT2D eigenvalue weighted by Gasteiger charge is -2.19. The van der Waals surface area contributed by atoms with Gasteiger partial charge in [-0.25, -0.2) is 0 Å². The molecular formula is C24H25NO. The number of furan rings is 1. The molecule has 0 aliphatic carbocycles. The van der Waals surface area contributed by atoms with E-state index in [0.717, 1.165) is 22.4 Å². The standard InChI is InChI=1S/C24H25NO/c1-15(2)17-10-11-18(20-14-16(12-13-25-20)24(3,4)5)23-22(17)19-8-6-7-9-21(19)26-23/h6-15H,1-5H3. The van der Waals surface area contributed by atoms with Crippen molar-refractivity contribution in [1.29, 1.82) is 0 Å². The van der Waals surface area contributed by atoms with Crippen LogP contribution in [0.4, 0.5) is 0 Å². The Kier molecular flexibility index (Phi) is 3.87. The Morgan fingerprint density at radius 2 is 1.73 bits per heavy atom. The van der Waals surface area contributed by atoms with Gasteiger partial charge in [-0.3, -0.25) is 4.98 Å². The number of para-hydroxylation sites is 1. The molecule has 0 unspecified atom stereocenters. The maximum absolute atomic E-state index is 6.31. The number of hydrogen-bond acceptors (Lipinski definition) is 2. The SMILES string of the molecule is CC(C)c1ccc(-c2cc(C(C)(C)C)ccn2)c2oc3ccccc3c12. The lowest BCUT2D eigenvalue weighted by Crippen LogP contribution is -2.11. The van der Waals surface area contributed by atoms with E-state index in [1.54, 1.807) is 0 Å². The first kappa shape index (κ1) is 16.8. The maximum atomic E-state index is 6.31. The Balaban J connectivity index is 2.05. The molecule has 0 N–H and O–H groups in total. The van der Waals surface area contributed by atoms with Crippen LogP contribution in [-0.2, 0) is 5.41 Å². The highest BCUT2D eigenvalue weighted by Crippen LogP contribution is 2.40. The molecule has 4 rings (SSSR count). The number of rotatable bonds is 2. The van der Waals surface area contributed by atoms with Crippen LogP contribution in [0.1, 0.15) is 51.7 Å². The van der Waals surface area contributed by atoms with E-state index < -0.39 is 0 Å².